The first-order valence-electron chi connectivity index (χ1n) is 4.99. The van der Waals surface area contributed by atoms with Gasteiger partial charge in [0.2, 0.25) is 0 Å². The smallest absolute Gasteiger partial charge is 0.196 e. The Bertz CT molecular complexity index is 535. The normalized spacial score (nSPS) is 10.1. The van der Waals surface area contributed by atoms with Crippen molar-refractivity contribution in [3.8, 4) is 0 Å². The van der Waals surface area contributed by atoms with Crippen molar-refractivity contribution >= 4 is 11.5 Å². The van der Waals surface area contributed by atoms with Gasteiger partial charge in [0.05, 0.1) is 0 Å². The van der Waals surface area contributed by atoms with Gasteiger partial charge in [-0.1, -0.05) is 12.1 Å². The molecular formula is C13H12N2O. The number of aryl methyl sites for hydroxylation is 1. The van der Waals surface area contributed by atoms with Crippen LogP contribution in [0.1, 0.15) is 21.5 Å². The van der Waals surface area contributed by atoms with Crippen LogP contribution < -0.4 is 5.73 Å². The zero-order valence-corrected chi connectivity index (χ0v) is 8.97. The molecule has 0 aliphatic carbocycles. The highest BCUT2D eigenvalue weighted by molar-refractivity contribution is 6.11. The largest absolute Gasteiger partial charge is 0.398 e. The van der Waals surface area contributed by atoms with Crippen LogP contribution in [0.2, 0.25) is 0 Å². The monoisotopic (exact) mass is 212 g/mol. The summed E-state index contributed by atoms with van der Waals surface area (Å²) in [7, 11) is 0. The summed E-state index contributed by atoms with van der Waals surface area (Å²) in [5.74, 6) is -0.0886. The summed E-state index contributed by atoms with van der Waals surface area (Å²) in [4.78, 5) is 16.1. The van der Waals surface area contributed by atoms with Crippen LogP contribution >= 0.6 is 0 Å². The minimum absolute atomic E-state index is 0.0886. The molecule has 80 valence electrons. The molecule has 0 spiro atoms. The number of nitrogens with zero attached hydrogens (tertiary/aromatic N) is 1. The van der Waals surface area contributed by atoms with Crippen LogP contribution in [0, 0.1) is 6.92 Å². The zero-order valence-electron chi connectivity index (χ0n) is 8.97. The fourth-order valence-electron chi connectivity index (χ4n) is 1.54. The van der Waals surface area contributed by atoms with Crippen molar-refractivity contribution in [2.45, 2.75) is 6.92 Å². The number of pyridine rings is 1. The Kier molecular flexibility index (Phi) is 2.68. The molecule has 0 aliphatic rings. The molecule has 0 unspecified atom stereocenters. The molecule has 2 aromatic rings. The first kappa shape index (κ1) is 10.4. The molecule has 0 amide bonds. The highest BCUT2D eigenvalue weighted by atomic mass is 16.1. The number of hydrogen-bond acceptors (Lipinski definition) is 3. The van der Waals surface area contributed by atoms with E-state index in [1.54, 1.807) is 36.7 Å². The first-order chi connectivity index (χ1) is 7.68. The minimum Gasteiger partial charge on any atom is -0.398 e. The minimum atomic E-state index is -0.0886. The molecule has 0 bridgehead atoms. The van der Waals surface area contributed by atoms with Crippen molar-refractivity contribution in [2.75, 3.05) is 5.73 Å². The number of carbonyl (C=O) groups excluding carboxylic acids is 1. The van der Waals surface area contributed by atoms with Crippen molar-refractivity contribution in [3.05, 3.63) is 59.4 Å². The lowest BCUT2D eigenvalue weighted by Gasteiger charge is -2.04. The van der Waals surface area contributed by atoms with Crippen LogP contribution in [0.4, 0.5) is 5.69 Å². The van der Waals surface area contributed by atoms with Crippen LogP contribution in [-0.4, -0.2) is 10.8 Å². The average Bonchev–Trinajstić information content (AvgIpc) is 2.29. The first-order valence-corrected chi connectivity index (χ1v) is 4.99. The van der Waals surface area contributed by atoms with Gasteiger partial charge >= 0.3 is 0 Å². The van der Waals surface area contributed by atoms with Gasteiger partial charge in [-0.25, -0.2) is 0 Å². The molecule has 0 fully saturated rings. The van der Waals surface area contributed by atoms with Crippen molar-refractivity contribution in [2.24, 2.45) is 0 Å². The third-order valence-corrected chi connectivity index (χ3v) is 2.34. The van der Waals surface area contributed by atoms with E-state index in [-0.39, 0.29) is 5.78 Å². The fourth-order valence-corrected chi connectivity index (χ4v) is 1.54. The Morgan fingerprint density at radius 2 is 2.00 bits per heavy atom. The molecule has 0 atom stereocenters. The predicted molar refractivity (Wildman–Crippen MR) is 63.3 cm³/mol. The van der Waals surface area contributed by atoms with E-state index in [4.69, 9.17) is 5.73 Å². The topological polar surface area (TPSA) is 56.0 Å². The highest BCUT2D eigenvalue weighted by Gasteiger charge is 2.11. The predicted octanol–water partition coefficient (Wildman–Crippen LogP) is 2.20. The molecule has 1 aromatic carbocycles. The van der Waals surface area contributed by atoms with Crippen molar-refractivity contribution in [1.29, 1.82) is 0 Å². The second kappa shape index (κ2) is 4.14. The summed E-state index contributed by atoms with van der Waals surface area (Å²) >= 11 is 0. The zero-order chi connectivity index (χ0) is 11.5. The van der Waals surface area contributed by atoms with Crippen LogP contribution in [0.25, 0.3) is 0 Å². The fraction of sp³-hybridized carbons (Fsp3) is 0.0769. The Hall–Kier alpha value is -2.16. The summed E-state index contributed by atoms with van der Waals surface area (Å²) < 4.78 is 0. The number of ketones is 1. The maximum atomic E-state index is 12.1. The SMILES string of the molecule is Cc1cncc(C(=O)c2ccccc2N)c1. The average molecular weight is 212 g/mol. The quantitative estimate of drug-likeness (QED) is 0.613. The lowest BCUT2D eigenvalue weighted by atomic mass is 10.0. The van der Waals surface area contributed by atoms with E-state index in [1.165, 1.54) is 0 Å². The van der Waals surface area contributed by atoms with Crippen molar-refractivity contribution in [1.82, 2.24) is 4.98 Å². The summed E-state index contributed by atoms with van der Waals surface area (Å²) in [5, 5.41) is 0. The molecule has 2 N–H and O–H groups in total. The molecule has 3 heteroatoms. The summed E-state index contributed by atoms with van der Waals surface area (Å²) in [5.41, 5.74) is 8.30. The van der Waals surface area contributed by atoms with Gasteiger partial charge < -0.3 is 5.73 Å². The Morgan fingerprint density at radius 1 is 1.25 bits per heavy atom. The number of nitrogen functional groups attached to an aromatic ring is 1. The summed E-state index contributed by atoms with van der Waals surface area (Å²) in [6.07, 6.45) is 3.27. The number of benzene rings is 1. The third-order valence-electron chi connectivity index (χ3n) is 2.34. The number of rotatable bonds is 2. The van der Waals surface area contributed by atoms with Crippen LogP contribution in [0.5, 0.6) is 0 Å². The second-order valence-electron chi connectivity index (χ2n) is 3.67. The van der Waals surface area contributed by atoms with E-state index in [0.29, 0.717) is 16.8 Å². The van der Waals surface area contributed by atoms with Crippen LogP contribution in [0.15, 0.2) is 42.7 Å². The Labute approximate surface area is 93.9 Å². The van der Waals surface area contributed by atoms with Crippen molar-refractivity contribution < 1.29 is 4.79 Å². The van der Waals surface area contributed by atoms with Gasteiger partial charge in [0.1, 0.15) is 0 Å². The molecule has 0 saturated carbocycles. The van der Waals surface area contributed by atoms with Gasteiger partial charge in [-0.05, 0) is 30.7 Å². The van der Waals surface area contributed by atoms with Gasteiger partial charge in [-0.3, -0.25) is 9.78 Å². The lowest BCUT2D eigenvalue weighted by molar-refractivity contribution is 0.103. The van der Waals surface area contributed by atoms with E-state index in [9.17, 15) is 4.79 Å². The molecule has 0 saturated heterocycles. The maximum absolute atomic E-state index is 12.1. The maximum Gasteiger partial charge on any atom is 0.196 e. The summed E-state index contributed by atoms with van der Waals surface area (Å²) in [6, 6.07) is 8.85. The van der Waals surface area contributed by atoms with Gasteiger partial charge in [0, 0.05) is 29.2 Å². The molecule has 2 rings (SSSR count). The molecule has 0 radical (unpaired) electrons. The number of para-hydroxylation sites is 1. The molecule has 1 aromatic heterocycles. The van der Waals surface area contributed by atoms with E-state index in [2.05, 4.69) is 4.98 Å². The number of nitrogens with two attached hydrogens (primary N) is 1. The molecule has 1 heterocycles. The number of hydrogen-bond donors (Lipinski definition) is 1. The number of carbonyl (C=O) groups is 1. The van der Waals surface area contributed by atoms with E-state index >= 15 is 0 Å². The molecule has 0 aliphatic heterocycles. The lowest BCUT2D eigenvalue weighted by Crippen LogP contribution is -2.05. The molecule has 16 heavy (non-hydrogen) atoms. The van der Waals surface area contributed by atoms with Crippen LogP contribution in [-0.2, 0) is 0 Å². The number of aromatic nitrogens is 1. The number of anilines is 1. The standard InChI is InChI=1S/C13H12N2O/c1-9-6-10(8-15-7-9)13(16)11-4-2-3-5-12(11)14/h2-8H,14H2,1H3. The molecular weight excluding hydrogens is 200 g/mol. The van der Waals surface area contributed by atoms with Crippen molar-refractivity contribution in [3.63, 3.8) is 0 Å². The Morgan fingerprint density at radius 3 is 2.69 bits per heavy atom. The van der Waals surface area contributed by atoms with Crippen LogP contribution in [0.3, 0.4) is 0 Å². The summed E-state index contributed by atoms with van der Waals surface area (Å²) in [6.45, 7) is 1.90. The Balaban J connectivity index is 2.44. The van der Waals surface area contributed by atoms with E-state index in [1.807, 2.05) is 13.0 Å². The third kappa shape index (κ3) is 1.93. The van der Waals surface area contributed by atoms with Gasteiger partial charge in [0.25, 0.3) is 0 Å². The van der Waals surface area contributed by atoms with Gasteiger partial charge in [-0.15, -0.1) is 0 Å². The van der Waals surface area contributed by atoms with Gasteiger partial charge in [-0.2, -0.15) is 0 Å². The van der Waals surface area contributed by atoms with E-state index in [0.717, 1.165) is 5.56 Å². The van der Waals surface area contributed by atoms with E-state index < -0.39 is 0 Å². The van der Waals surface area contributed by atoms with Gasteiger partial charge in [0.15, 0.2) is 5.78 Å². The highest BCUT2D eigenvalue weighted by Crippen LogP contribution is 2.16. The molecule has 3 nitrogen and oxygen atoms in total. The second-order valence-corrected chi connectivity index (χ2v) is 3.67.